The molecule has 0 atom stereocenters. The number of aliphatic hydroxyl groups is 1. The van der Waals surface area contributed by atoms with Gasteiger partial charge in [-0.1, -0.05) is 11.6 Å². The summed E-state index contributed by atoms with van der Waals surface area (Å²) in [7, 11) is 0. The molecule has 2 nitrogen and oxygen atoms in total. The molecule has 1 aromatic carbocycles. The first-order valence-electron chi connectivity index (χ1n) is 4.40. The lowest BCUT2D eigenvalue weighted by Crippen LogP contribution is -2.01. The molecule has 0 aliphatic carbocycles. The van der Waals surface area contributed by atoms with Crippen LogP contribution in [0.3, 0.4) is 0 Å². The summed E-state index contributed by atoms with van der Waals surface area (Å²) in [5.74, 6) is 2.49. The summed E-state index contributed by atoms with van der Waals surface area (Å²) in [6, 6.07) is 7.30. The van der Waals surface area contributed by atoms with Crippen LogP contribution in [-0.2, 0) is 0 Å². The summed E-state index contributed by atoms with van der Waals surface area (Å²) < 4.78 is 5.45. The van der Waals surface area contributed by atoms with E-state index in [-0.39, 0.29) is 6.61 Å². The molecule has 0 fully saturated rings. The molecule has 1 aromatic rings. The Bertz CT molecular complexity index is 251. The lowest BCUT2D eigenvalue weighted by Gasteiger charge is -2.05. The van der Waals surface area contributed by atoms with E-state index in [1.54, 1.807) is 23.9 Å². The second-order valence-corrected chi connectivity index (χ2v) is 4.30. The monoisotopic (exact) mass is 232 g/mol. The molecule has 0 radical (unpaired) electrons. The standard InChI is InChI=1S/C10H13ClO2S/c11-9-1-3-10(4-2-9)13-6-8-14-7-5-12/h1-4,12H,5-8H2. The Morgan fingerprint density at radius 2 is 1.93 bits per heavy atom. The summed E-state index contributed by atoms with van der Waals surface area (Å²) in [6.07, 6.45) is 0. The van der Waals surface area contributed by atoms with Crippen LogP contribution in [0.5, 0.6) is 5.75 Å². The van der Waals surface area contributed by atoms with Crippen LogP contribution in [0.2, 0.25) is 5.02 Å². The summed E-state index contributed by atoms with van der Waals surface area (Å²) in [4.78, 5) is 0. The number of benzene rings is 1. The maximum Gasteiger partial charge on any atom is 0.119 e. The Morgan fingerprint density at radius 3 is 2.57 bits per heavy atom. The zero-order valence-electron chi connectivity index (χ0n) is 7.78. The number of thioether (sulfide) groups is 1. The number of ether oxygens (including phenoxy) is 1. The molecule has 0 bridgehead atoms. The van der Waals surface area contributed by atoms with Crippen LogP contribution in [-0.4, -0.2) is 29.8 Å². The van der Waals surface area contributed by atoms with E-state index in [1.165, 1.54) is 0 Å². The van der Waals surface area contributed by atoms with Crippen LogP contribution in [0.25, 0.3) is 0 Å². The highest BCUT2D eigenvalue weighted by Crippen LogP contribution is 2.15. The third kappa shape index (κ3) is 4.74. The highest BCUT2D eigenvalue weighted by Gasteiger charge is 1.93. The van der Waals surface area contributed by atoms with E-state index in [0.29, 0.717) is 11.6 Å². The molecule has 78 valence electrons. The molecule has 4 heteroatoms. The largest absolute Gasteiger partial charge is 0.493 e. The zero-order valence-corrected chi connectivity index (χ0v) is 9.35. The van der Waals surface area contributed by atoms with Gasteiger partial charge in [0.25, 0.3) is 0 Å². The molecule has 0 saturated carbocycles. The van der Waals surface area contributed by atoms with E-state index in [0.717, 1.165) is 17.3 Å². The van der Waals surface area contributed by atoms with Crippen molar-refractivity contribution in [1.29, 1.82) is 0 Å². The van der Waals surface area contributed by atoms with Crippen LogP contribution in [0, 0.1) is 0 Å². The van der Waals surface area contributed by atoms with E-state index in [2.05, 4.69) is 0 Å². The minimum Gasteiger partial charge on any atom is -0.493 e. The molecule has 1 N–H and O–H groups in total. The average molecular weight is 233 g/mol. The topological polar surface area (TPSA) is 29.5 Å². The quantitative estimate of drug-likeness (QED) is 0.764. The Kier molecular flexibility index (Phi) is 5.83. The van der Waals surface area contributed by atoms with Crippen molar-refractivity contribution in [1.82, 2.24) is 0 Å². The first-order chi connectivity index (χ1) is 6.83. The molecule has 0 unspecified atom stereocenters. The third-order valence-corrected chi connectivity index (χ3v) is 2.72. The van der Waals surface area contributed by atoms with Gasteiger partial charge in [-0.05, 0) is 24.3 Å². The molecule has 0 aliphatic heterocycles. The molecule has 0 aromatic heterocycles. The fourth-order valence-corrected chi connectivity index (χ4v) is 1.58. The van der Waals surface area contributed by atoms with Gasteiger partial charge >= 0.3 is 0 Å². The second kappa shape index (κ2) is 6.98. The first-order valence-corrected chi connectivity index (χ1v) is 5.93. The molecule has 0 saturated heterocycles. The van der Waals surface area contributed by atoms with Crippen molar-refractivity contribution >= 4 is 23.4 Å². The predicted molar refractivity (Wildman–Crippen MR) is 61.4 cm³/mol. The number of hydrogen-bond acceptors (Lipinski definition) is 3. The Balaban J connectivity index is 2.15. The maximum atomic E-state index is 8.54. The van der Waals surface area contributed by atoms with Gasteiger partial charge in [-0.15, -0.1) is 0 Å². The molecule has 0 aliphatic rings. The Hall–Kier alpha value is -0.380. The molecule has 0 heterocycles. The van der Waals surface area contributed by atoms with Crippen molar-refractivity contribution in [3.63, 3.8) is 0 Å². The van der Waals surface area contributed by atoms with Crippen LogP contribution in [0.15, 0.2) is 24.3 Å². The van der Waals surface area contributed by atoms with E-state index in [1.807, 2.05) is 12.1 Å². The Labute approximate surface area is 93.2 Å². The SMILES string of the molecule is OCCSCCOc1ccc(Cl)cc1. The van der Waals surface area contributed by atoms with Crippen molar-refractivity contribution in [2.24, 2.45) is 0 Å². The van der Waals surface area contributed by atoms with Gasteiger partial charge in [-0.2, -0.15) is 11.8 Å². The van der Waals surface area contributed by atoms with Gasteiger partial charge in [0.1, 0.15) is 5.75 Å². The Morgan fingerprint density at radius 1 is 1.21 bits per heavy atom. The number of hydrogen-bond donors (Lipinski definition) is 1. The normalized spacial score (nSPS) is 10.1. The minimum absolute atomic E-state index is 0.228. The van der Waals surface area contributed by atoms with Crippen molar-refractivity contribution in [3.05, 3.63) is 29.3 Å². The zero-order chi connectivity index (χ0) is 10.2. The van der Waals surface area contributed by atoms with Crippen LogP contribution < -0.4 is 4.74 Å². The fourth-order valence-electron chi connectivity index (χ4n) is 0.916. The van der Waals surface area contributed by atoms with E-state index < -0.39 is 0 Å². The van der Waals surface area contributed by atoms with Crippen LogP contribution in [0.1, 0.15) is 0 Å². The van der Waals surface area contributed by atoms with Crippen molar-refractivity contribution in [3.8, 4) is 5.75 Å². The van der Waals surface area contributed by atoms with E-state index in [4.69, 9.17) is 21.4 Å². The maximum absolute atomic E-state index is 8.54. The first kappa shape index (κ1) is 11.7. The highest BCUT2D eigenvalue weighted by molar-refractivity contribution is 7.99. The molecule has 14 heavy (non-hydrogen) atoms. The van der Waals surface area contributed by atoms with Crippen molar-refractivity contribution in [2.75, 3.05) is 24.7 Å². The van der Waals surface area contributed by atoms with Crippen molar-refractivity contribution < 1.29 is 9.84 Å². The van der Waals surface area contributed by atoms with Gasteiger partial charge in [-0.3, -0.25) is 0 Å². The fraction of sp³-hybridized carbons (Fsp3) is 0.400. The number of aliphatic hydroxyl groups excluding tert-OH is 1. The van der Waals surface area contributed by atoms with Gasteiger partial charge in [0.05, 0.1) is 13.2 Å². The van der Waals surface area contributed by atoms with E-state index >= 15 is 0 Å². The van der Waals surface area contributed by atoms with Crippen LogP contribution >= 0.6 is 23.4 Å². The number of rotatable bonds is 6. The lowest BCUT2D eigenvalue weighted by molar-refractivity contribution is 0.321. The summed E-state index contributed by atoms with van der Waals surface area (Å²) in [5, 5.41) is 9.25. The molecular weight excluding hydrogens is 220 g/mol. The predicted octanol–water partition coefficient (Wildman–Crippen LogP) is 2.44. The summed E-state index contributed by atoms with van der Waals surface area (Å²) in [6.45, 7) is 0.887. The summed E-state index contributed by atoms with van der Waals surface area (Å²) >= 11 is 7.40. The average Bonchev–Trinajstić information content (AvgIpc) is 2.21. The number of halogens is 1. The lowest BCUT2D eigenvalue weighted by atomic mass is 10.3. The van der Waals surface area contributed by atoms with Crippen molar-refractivity contribution in [2.45, 2.75) is 0 Å². The highest BCUT2D eigenvalue weighted by atomic mass is 35.5. The van der Waals surface area contributed by atoms with Gasteiger partial charge in [0.2, 0.25) is 0 Å². The van der Waals surface area contributed by atoms with Gasteiger partial charge in [0.15, 0.2) is 0 Å². The van der Waals surface area contributed by atoms with Gasteiger partial charge < -0.3 is 9.84 Å². The van der Waals surface area contributed by atoms with Gasteiger partial charge in [0, 0.05) is 16.5 Å². The molecule has 0 amide bonds. The minimum atomic E-state index is 0.228. The smallest absolute Gasteiger partial charge is 0.119 e. The van der Waals surface area contributed by atoms with Gasteiger partial charge in [-0.25, -0.2) is 0 Å². The summed E-state index contributed by atoms with van der Waals surface area (Å²) in [5.41, 5.74) is 0. The van der Waals surface area contributed by atoms with Crippen LogP contribution in [0.4, 0.5) is 0 Å². The molecular formula is C10H13ClO2S. The second-order valence-electron chi connectivity index (χ2n) is 2.64. The molecule has 1 rings (SSSR count). The third-order valence-electron chi connectivity index (χ3n) is 1.55. The van der Waals surface area contributed by atoms with E-state index in [9.17, 15) is 0 Å². The molecule has 0 spiro atoms.